The van der Waals surface area contributed by atoms with E-state index in [9.17, 15) is 0 Å². The van der Waals surface area contributed by atoms with Crippen LogP contribution in [0.3, 0.4) is 0 Å². The van der Waals surface area contributed by atoms with Crippen LogP contribution in [0.1, 0.15) is 11.3 Å². The second-order valence-electron chi connectivity index (χ2n) is 4.42. The monoisotopic (exact) mass is 270 g/mol. The van der Waals surface area contributed by atoms with Crippen molar-refractivity contribution in [3.63, 3.8) is 0 Å². The smallest absolute Gasteiger partial charge is 0.233 e. The van der Waals surface area contributed by atoms with E-state index in [0.717, 1.165) is 22.5 Å². The first-order chi connectivity index (χ1) is 9.69. The second kappa shape index (κ2) is 4.85. The number of fused-ring (bicyclic) bond motifs is 1. The van der Waals surface area contributed by atoms with E-state index < -0.39 is 0 Å². The summed E-state index contributed by atoms with van der Waals surface area (Å²) in [4.78, 5) is 8.31. The highest BCUT2D eigenvalue weighted by Gasteiger charge is 2.15. The van der Waals surface area contributed by atoms with Gasteiger partial charge in [-0.2, -0.15) is 0 Å². The summed E-state index contributed by atoms with van der Waals surface area (Å²) >= 11 is 0. The molecule has 5 nitrogen and oxygen atoms in total. The van der Waals surface area contributed by atoms with Crippen LogP contribution in [0.4, 0.5) is 0 Å². The fourth-order valence-electron chi connectivity index (χ4n) is 2.00. The fraction of sp³-hybridized carbons (Fsp3) is 0.200. The molecule has 2 aromatic heterocycles. The number of benzene rings is 1. The molecule has 0 spiro atoms. The Morgan fingerprint density at radius 3 is 2.70 bits per heavy atom. The fourth-order valence-corrected chi connectivity index (χ4v) is 2.00. The highest BCUT2D eigenvalue weighted by atomic mass is 16.5. The highest BCUT2D eigenvalue weighted by Crippen LogP contribution is 2.33. The molecule has 0 saturated carbocycles. The lowest BCUT2D eigenvalue weighted by Gasteiger charge is -2.07. The van der Waals surface area contributed by atoms with Gasteiger partial charge in [-0.05, 0) is 26.0 Å². The summed E-state index contributed by atoms with van der Waals surface area (Å²) in [6.45, 7) is 3.86. The Kier molecular flexibility index (Phi) is 3.02. The average molecular weight is 270 g/mol. The van der Waals surface area contributed by atoms with Crippen molar-refractivity contribution < 1.29 is 13.9 Å². The van der Waals surface area contributed by atoms with Crippen molar-refractivity contribution in [2.24, 2.45) is 0 Å². The predicted molar refractivity (Wildman–Crippen MR) is 74.3 cm³/mol. The zero-order valence-corrected chi connectivity index (χ0v) is 11.5. The summed E-state index contributed by atoms with van der Waals surface area (Å²) in [5.74, 6) is 2.68. The molecule has 0 unspecified atom stereocenters. The van der Waals surface area contributed by atoms with E-state index in [1.807, 2.05) is 32.0 Å². The Morgan fingerprint density at radius 1 is 1.10 bits per heavy atom. The van der Waals surface area contributed by atoms with Gasteiger partial charge in [0.05, 0.1) is 7.11 Å². The minimum atomic E-state index is 0.484. The molecule has 0 N–H and O–H groups in total. The van der Waals surface area contributed by atoms with Crippen LogP contribution in [0, 0.1) is 13.8 Å². The number of hydrogen-bond acceptors (Lipinski definition) is 5. The van der Waals surface area contributed by atoms with E-state index in [-0.39, 0.29) is 0 Å². The maximum atomic E-state index is 5.84. The second-order valence-corrected chi connectivity index (χ2v) is 4.42. The molecular formula is C15H14N2O3. The first-order valence-corrected chi connectivity index (χ1v) is 6.21. The molecule has 1 aromatic carbocycles. The van der Waals surface area contributed by atoms with Gasteiger partial charge in [-0.25, -0.2) is 9.97 Å². The third-order valence-electron chi connectivity index (χ3n) is 3.19. The van der Waals surface area contributed by atoms with Crippen LogP contribution in [0.15, 0.2) is 35.0 Å². The third kappa shape index (κ3) is 2.07. The lowest BCUT2D eigenvalue weighted by Crippen LogP contribution is -1.91. The number of aromatic nitrogens is 2. The summed E-state index contributed by atoms with van der Waals surface area (Å²) in [7, 11) is 1.62. The Hall–Kier alpha value is -2.56. The predicted octanol–water partition coefficient (Wildman–Crippen LogP) is 3.64. The molecule has 0 radical (unpaired) electrons. The van der Waals surface area contributed by atoms with Gasteiger partial charge < -0.3 is 13.9 Å². The molecule has 102 valence electrons. The van der Waals surface area contributed by atoms with Gasteiger partial charge in [-0.3, -0.25) is 0 Å². The largest absolute Gasteiger partial charge is 0.497 e. The molecule has 0 aliphatic heterocycles. The van der Waals surface area contributed by atoms with Crippen LogP contribution in [0.2, 0.25) is 0 Å². The number of furan rings is 1. The van der Waals surface area contributed by atoms with Crippen LogP contribution in [-0.2, 0) is 0 Å². The molecule has 3 aromatic rings. The van der Waals surface area contributed by atoms with E-state index in [1.165, 1.54) is 6.33 Å². The van der Waals surface area contributed by atoms with Gasteiger partial charge in [-0.15, -0.1) is 0 Å². The molecule has 0 amide bonds. The number of nitrogens with zero attached hydrogens (tertiary/aromatic N) is 2. The molecule has 2 heterocycles. The highest BCUT2D eigenvalue weighted by molar-refractivity contribution is 5.83. The van der Waals surface area contributed by atoms with Crippen molar-refractivity contribution >= 4 is 11.1 Å². The van der Waals surface area contributed by atoms with Gasteiger partial charge in [0.2, 0.25) is 11.6 Å². The molecule has 0 bridgehead atoms. The number of aryl methyl sites for hydroxylation is 2. The van der Waals surface area contributed by atoms with Crippen LogP contribution in [0.5, 0.6) is 17.4 Å². The van der Waals surface area contributed by atoms with E-state index in [1.54, 1.807) is 13.2 Å². The molecule has 20 heavy (non-hydrogen) atoms. The van der Waals surface area contributed by atoms with Crippen LogP contribution in [-0.4, -0.2) is 17.1 Å². The van der Waals surface area contributed by atoms with Gasteiger partial charge in [0.15, 0.2) is 0 Å². The van der Waals surface area contributed by atoms with Gasteiger partial charge >= 0.3 is 0 Å². The summed E-state index contributed by atoms with van der Waals surface area (Å²) in [6, 6.07) is 7.37. The minimum Gasteiger partial charge on any atom is -0.497 e. The lowest BCUT2D eigenvalue weighted by atomic mass is 10.2. The number of methoxy groups -OCH3 is 1. The van der Waals surface area contributed by atoms with E-state index in [0.29, 0.717) is 17.3 Å². The molecule has 5 heteroatoms. The SMILES string of the molecule is COc1cccc(Oc2ncnc3oc(C)c(C)c23)c1. The molecule has 0 aliphatic rings. The van der Waals surface area contributed by atoms with Crippen molar-refractivity contribution in [2.75, 3.05) is 7.11 Å². The van der Waals surface area contributed by atoms with Crippen molar-refractivity contribution in [1.29, 1.82) is 0 Å². The molecule has 3 rings (SSSR count). The van der Waals surface area contributed by atoms with Gasteiger partial charge in [-0.1, -0.05) is 6.07 Å². The van der Waals surface area contributed by atoms with Crippen LogP contribution < -0.4 is 9.47 Å². The van der Waals surface area contributed by atoms with Crippen molar-refractivity contribution in [1.82, 2.24) is 9.97 Å². The summed E-state index contributed by atoms with van der Waals surface area (Å²) in [5, 5.41) is 0.799. The van der Waals surface area contributed by atoms with Crippen molar-refractivity contribution in [2.45, 2.75) is 13.8 Å². The summed E-state index contributed by atoms with van der Waals surface area (Å²) in [6.07, 6.45) is 1.43. The zero-order valence-electron chi connectivity index (χ0n) is 11.5. The maximum absolute atomic E-state index is 5.84. The first kappa shape index (κ1) is 12.5. The standard InChI is InChI=1S/C15H14N2O3/c1-9-10(2)19-14-13(9)15(17-8-16-14)20-12-6-4-5-11(7-12)18-3/h4-8H,1-3H3. The molecule has 0 fully saturated rings. The lowest BCUT2D eigenvalue weighted by molar-refractivity contribution is 0.408. The molecule has 0 saturated heterocycles. The molecule has 0 atom stereocenters. The number of hydrogen-bond donors (Lipinski definition) is 0. The van der Waals surface area contributed by atoms with Gasteiger partial charge in [0.25, 0.3) is 0 Å². The quantitative estimate of drug-likeness (QED) is 0.727. The van der Waals surface area contributed by atoms with E-state index in [2.05, 4.69) is 9.97 Å². The van der Waals surface area contributed by atoms with Crippen LogP contribution >= 0.6 is 0 Å². The zero-order chi connectivity index (χ0) is 14.1. The van der Waals surface area contributed by atoms with Crippen molar-refractivity contribution in [3.05, 3.63) is 41.9 Å². The third-order valence-corrected chi connectivity index (χ3v) is 3.19. The Morgan fingerprint density at radius 2 is 1.90 bits per heavy atom. The van der Waals surface area contributed by atoms with E-state index in [4.69, 9.17) is 13.9 Å². The first-order valence-electron chi connectivity index (χ1n) is 6.21. The van der Waals surface area contributed by atoms with Gasteiger partial charge in [0, 0.05) is 11.6 Å². The molecular weight excluding hydrogens is 256 g/mol. The Balaban J connectivity index is 2.06. The van der Waals surface area contributed by atoms with Crippen LogP contribution in [0.25, 0.3) is 11.1 Å². The Bertz CT molecular complexity index is 765. The normalized spacial score (nSPS) is 10.8. The maximum Gasteiger partial charge on any atom is 0.233 e. The van der Waals surface area contributed by atoms with Crippen molar-refractivity contribution in [3.8, 4) is 17.4 Å². The number of rotatable bonds is 3. The van der Waals surface area contributed by atoms with Gasteiger partial charge in [0.1, 0.15) is 29.0 Å². The Labute approximate surface area is 116 Å². The summed E-state index contributed by atoms with van der Waals surface area (Å²) < 4.78 is 16.6. The minimum absolute atomic E-state index is 0.484. The molecule has 0 aliphatic carbocycles. The topological polar surface area (TPSA) is 57.4 Å². The van der Waals surface area contributed by atoms with E-state index >= 15 is 0 Å². The average Bonchev–Trinajstić information content (AvgIpc) is 2.75. The summed E-state index contributed by atoms with van der Waals surface area (Å²) in [5.41, 5.74) is 1.52. The number of ether oxygens (including phenoxy) is 2.